The summed E-state index contributed by atoms with van der Waals surface area (Å²) >= 11 is 0. The van der Waals surface area contributed by atoms with Gasteiger partial charge in [-0.05, 0) is 18.8 Å². The Hall–Kier alpha value is -1.41. The third-order valence-corrected chi connectivity index (χ3v) is 4.06. The van der Waals surface area contributed by atoms with E-state index in [0.29, 0.717) is 18.5 Å². The number of nitrogens with zero attached hydrogens (tertiary/aromatic N) is 1. The number of ether oxygens (including phenoxy) is 1. The number of sulfonamides is 1. The Balaban J connectivity index is 2.94. The van der Waals surface area contributed by atoms with Gasteiger partial charge in [0.25, 0.3) is 0 Å². The van der Waals surface area contributed by atoms with Crippen LogP contribution in [0.15, 0.2) is 4.90 Å². The van der Waals surface area contributed by atoms with Crippen molar-refractivity contribution in [3.8, 4) is 0 Å². The fourth-order valence-electron chi connectivity index (χ4n) is 2.09. The van der Waals surface area contributed by atoms with Gasteiger partial charge in [-0.2, -0.15) is 5.10 Å². The molecule has 0 amide bonds. The van der Waals surface area contributed by atoms with Crippen LogP contribution in [-0.2, 0) is 21.2 Å². The van der Waals surface area contributed by atoms with E-state index in [1.54, 1.807) is 0 Å². The fourth-order valence-corrected chi connectivity index (χ4v) is 2.98. The molecule has 1 heterocycles. The smallest absolute Gasteiger partial charge is 0.360 e. The molecule has 0 radical (unpaired) electrons. The van der Waals surface area contributed by atoms with Gasteiger partial charge in [-0.1, -0.05) is 33.6 Å². The third kappa shape index (κ3) is 4.82. The van der Waals surface area contributed by atoms with Gasteiger partial charge in [-0.3, -0.25) is 5.10 Å². The Morgan fingerprint density at radius 3 is 2.57 bits per heavy atom. The van der Waals surface area contributed by atoms with Gasteiger partial charge < -0.3 is 4.74 Å². The molecule has 0 aliphatic heterocycles. The number of hydrogen-bond donors (Lipinski definition) is 2. The SMILES string of the molecule is CCCc1[nH]nc(C(=O)OCC(C)CCC)c1S(N)(=O)=O. The summed E-state index contributed by atoms with van der Waals surface area (Å²) < 4.78 is 28.5. The quantitative estimate of drug-likeness (QED) is 0.707. The number of aryl methyl sites for hydroxylation is 1. The lowest BCUT2D eigenvalue weighted by molar-refractivity contribution is 0.0432. The molecule has 0 spiro atoms. The minimum Gasteiger partial charge on any atom is -0.461 e. The monoisotopic (exact) mass is 317 g/mol. The molecule has 0 aliphatic rings. The number of aromatic nitrogens is 2. The summed E-state index contributed by atoms with van der Waals surface area (Å²) in [6.07, 6.45) is 3.06. The first-order valence-electron chi connectivity index (χ1n) is 7.08. The highest BCUT2D eigenvalue weighted by Gasteiger charge is 2.28. The summed E-state index contributed by atoms with van der Waals surface area (Å²) in [5.74, 6) is -0.550. The summed E-state index contributed by atoms with van der Waals surface area (Å²) in [5.41, 5.74) is 0.0817. The Morgan fingerprint density at radius 1 is 1.38 bits per heavy atom. The van der Waals surface area contributed by atoms with Crippen LogP contribution >= 0.6 is 0 Å². The van der Waals surface area contributed by atoms with Crippen molar-refractivity contribution in [3.63, 3.8) is 0 Å². The molecule has 3 N–H and O–H groups in total. The zero-order valence-corrected chi connectivity index (χ0v) is 13.5. The number of rotatable bonds is 8. The van der Waals surface area contributed by atoms with Gasteiger partial charge in [0.1, 0.15) is 4.90 Å². The van der Waals surface area contributed by atoms with Crippen molar-refractivity contribution in [1.29, 1.82) is 0 Å². The molecule has 1 rings (SSSR count). The molecule has 0 bridgehead atoms. The van der Waals surface area contributed by atoms with Crippen LogP contribution in [0.1, 0.15) is 56.2 Å². The lowest BCUT2D eigenvalue weighted by atomic mass is 10.1. The van der Waals surface area contributed by atoms with Gasteiger partial charge in [-0.25, -0.2) is 18.4 Å². The first-order valence-corrected chi connectivity index (χ1v) is 8.63. The molecule has 1 aromatic heterocycles. The topological polar surface area (TPSA) is 115 Å². The summed E-state index contributed by atoms with van der Waals surface area (Å²) in [6, 6.07) is 0. The standard InChI is InChI=1S/C13H23N3O4S/c1-4-6-9(3)8-20-13(17)11-12(21(14,18)19)10(7-5-2)15-16-11/h9H,4-8H2,1-3H3,(H,15,16)(H2,14,18,19). The van der Waals surface area contributed by atoms with Gasteiger partial charge >= 0.3 is 5.97 Å². The van der Waals surface area contributed by atoms with E-state index in [1.807, 2.05) is 20.8 Å². The van der Waals surface area contributed by atoms with Gasteiger partial charge in [0.15, 0.2) is 5.69 Å². The van der Waals surface area contributed by atoms with Crippen LogP contribution < -0.4 is 5.14 Å². The molecule has 0 fully saturated rings. The number of esters is 1. The van der Waals surface area contributed by atoms with Crippen LogP contribution in [0.25, 0.3) is 0 Å². The number of aromatic amines is 1. The van der Waals surface area contributed by atoms with Crippen molar-refractivity contribution in [1.82, 2.24) is 10.2 Å². The lowest BCUT2D eigenvalue weighted by Crippen LogP contribution is -2.19. The maximum Gasteiger partial charge on any atom is 0.360 e. The van der Waals surface area contributed by atoms with Crippen LogP contribution in [0, 0.1) is 5.92 Å². The molecule has 1 atom stereocenters. The lowest BCUT2D eigenvalue weighted by Gasteiger charge is -2.10. The second kappa shape index (κ2) is 7.56. The maximum atomic E-state index is 12.0. The normalized spacial score (nSPS) is 13.1. The zero-order valence-electron chi connectivity index (χ0n) is 12.7. The van der Waals surface area contributed by atoms with E-state index in [4.69, 9.17) is 9.88 Å². The van der Waals surface area contributed by atoms with Crippen molar-refractivity contribution in [2.45, 2.75) is 51.3 Å². The number of nitrogens with one attached hydrogen (secondary N) is 1. The highest BCUT2D eigenvalue weighted by Crippen LogP contribution is 2.19. The highest BCUT2D eigenvalue weighted by molar-refractivity contribution is 7.89. The number of primary sulfonamides is 1. The molecule has 0 aromatic carbocycles. The van der Waals surface area contributed by atoms with Crippen molar-refractivity contribution < 1.29 is 17.9 Å². The van der Waals surface area contributed by atoms with Gasteiger partial charge in [-0.15, -0.1) is 0 Å². The summed E-state index contributed by atoms with van der Waals surface area (Å²) in [5, 5.41) is 11.5. The van der Waals surface area contributed by atoms with Crippen LogP contribution in [-0.4, -0.2) is 31.2 Å². The van der Waals surface area contributed by atoms with Crippen LogP contribution in [0.5, 0.6) is 0 Å². The largest absolute Gasteiger partial charge is 0.461 e. The number of carbonyl (C=O) groups is 1. The van der Waals surface area contributed by atoms with Crippen LogP contribution in [0.2, 0.25) is 0 Å². The first kappa shape index (κ1) is 17.6. The maximum absolute atomic E-state index is 12.0. The van der Waals surface area contributed by atoms with Crippen molar-refractivity contribution in [2.24, 2.45) is 11.1 Å². The van der Waals surface area contributed by atoms with Crippen molar-refractivity contribution in [2.75, 3.05) is 6.61 Å². The average Bonchev–Trinajstić information content (AvgIpc) is 2.80. The third-order valence-electron chi connectivity index (χ3n) is 3.05. The highest BCUT2D eigenvalue weighted by atomic mass is 32.2. The molecule has 7 nitrogen and oxygen atoms in total. The Morgan fingerprint density at radius 2 is 2.05 bits per heavy atom. The van der Waals surface area contributed by atoms with Crippen LogP contribution in [0.3, 0.4) is 0 Å². The van der Waals surface area contributed by atoms with E-state index in [9.17, 15) is 13.2 Å². The molecule has 120 valence electrons. The minimum absolute atomic E-state index is 0.214. The predicted octanol–water partition coefficient (Wildman–Crippen LogP) is 1.60. The molecule has 1 aromatic rings. The second-order valence-corrected chi connectivity index (χ2v) is 6.67. The molecule has 8 heteroatoms. The molecule has 1 unspecified atom stereocenters. The van der Waals surface area contributed by atoms with Gasteiger partial charge in [0.05, 0.1) is 12.3 Å². The summed E-state index contributed by atoms with van der Waals surface area (Å²) in [4.78, 5) is 11.8. The molecule has 0 aliphatic carbocycles. The predicted molar refractivity (Wildman–Crippen MR) is 78.3 cm³/mol. The zero-order chi connectivity index (χ0) is 16.0. The van der Waals surface area contributed by atoms with Crippen LogP contribution in [0.4, 0.5) is 0 Å². The summed E-state index contributed by atoms with van der Waals surface area (Å²) in [6.45, 7) is 6.12. The van der Waals surface area contributed by atoms with Crippen molar-refractivity contribution in [3.05, 3.63) is 11.4 Å². The Labute approximate surface area is 125 Å². The van der Waals surface area contributed by atoms with E-state index >= 15 is 0 Å². The number of carbonyl (C=O) groups excluding carboxylic acids is 1. The summed E-state index contributed by atoms with van der Waals surface area (Å²) in [7, 11) is -4.03. The van der Waals surface area contributed by atoms with E-state index in [2.05, 4.69) is 10.2 Å². The molecule has 21 heavy (non-hydrogen) atoms. The van der Waals surface area contributed by atoms with E-state index in [-0.39, 0.29) is 23.1 Å². The van der Waals surface area contributed by atoms with E-state index in [1.165, 1.54) is 0 Å². The molecule has 0 saturated heterocycles. The van der Waals surface area contributed by atoms with Crippen molar-refractivity contribution >= 4 is 16.0 Å². The molecule has 0 saturated carbocycles. The Kier molecular flexibility index (Phi) is 6.35. The molecular formula is C13H23N3O4S. The number of H-pyrrole nitrogens is 1. The number of hydrogen-bond acceptors (Lipinski definition) is 5. The Bertz CT molecular complexity index is 580. The molecular weight excluding hydrogens is 294 g/mol. The first-order chi connectivity index (χ1) is 9.81. The number of nitrogens with two attached hydrogens (primary N) is 1. The average molecular weight is 317 g/mol. The second-order valence-electron chi connectivity index (χ2n) is 5.17. The van der Waals surface area contributed by atoms with E-state index < -0.39 is 16.0 Å². The van der Waals surface area contributed by atoms with E-state index in [0.717, 1.165) is 12.8 Å². The van der Waals surface area contributed by atoms with Gasteiger partial charge in [0.2, 0.25) is 10.0 Å². The minimum atomic E-state index is -4.03. The fraction of sp³-hybridized carbons (Fsp3) is 0.692. The van der Waals surface area contributed by atoms with Gasteiger partial charge in [0, 0.05) is 0 Å².